The molecule has 18 heavy (non-hydrogen) atoms. The lowest BCUT2D eigenvalue weighted by Gasteiger charge is -2.43. The van der Waals surface area contributed by atoms with E-state index in [4.69, 9.17) is 0 Å². The standard InChI is InChI=1S/C16H30N2/c1-16(2,3)18-12-14-9-15(18)11-17(14)10-13-7-5-4-6-8-13/h13-15H,4-12H2,1-3H3/t14-,15-/m1/s1. The highest BCUT2D eigenvalue weighted by molar-refractivity contribution is 5.03. The van der Waals surface area contributed by atoms with Gasteiger partial charge >= 0.3 is 0 Å². The zero-order valence-corrected chi connectivity index (χ0v) is 12.5. The quantitative estimate of drug-likeness (QED) is 0.743. The van der Waals surface area contributed by atoms with Gasteiger partial charge in [-0.1, -0.05) is 19.3 Å². The van der Waals surface area contributed by atoms with Crippen LogP contribution in [0.3, 0.4) is 0 Å². The monoisotopic (exact) mass is 250 g/mol. The first-order chi connectivity index (χ1) is 8.54. The molecule has 2 heterocycles. The Labute approximate surface area is 113 Å². The lowest BCUT2D eigenvalue weighted by molar-refractivity contribution is 0.0482. The predicted molar refractivity (Wildman–Crippen MR) is 76.8 cm³/mol. The summed E-state index contributed by atoms with van der Waals surface area (Å²) in [6.45, 7) is 11.2. The first-order valence-electron chi connectivity index (χ1n) is 8.05. The van der Waals surface area contributed by atoms with Gasteiger partial charge in [0.15, 0.2) is 0 Å². The van der Waals surface area contributed by atoms with Gasteiger partial charge in [-0.2, -0.15) is 0 Å². The molecule has 0 radical (unpaired) electrons. The minimum Gasteiger partial charge on any atom is -0.297 e. The van der Waals surface area contributed by atoms with Crippen molar-refractivity contribution in [2.24, 2.45) is 5.92 Å². The van der Waals surface area contributed by atoms with Crippen molar-refractivity contribution >= 4 is 0 Å². The van der Waals surface area contributed by atoms with Crippen molar-refractivity contribution in [3.63, 3.8) is 0 Å². The Morgan fingerprint density at radius 1 is 0.944 bits per heavy atom. The second-order valence-electron chi connectivity index (χ2n) is 7.82. The molecule has 2 aliphatic heterocycles. The van der Waals surface area contributed by atoms with Gasteiger partial charge in [0.05, 0.1) is 0 Å². The molecule has 0 aromatic carbocycles. The van der Waals surface area contributed by atoms with E-state index in [-0.39, 0.29) is 0 Å². The summed E-state index contributed by atoms with van der Waals surface area (Å²) in [5.41, 5.74) is 0.371. The fourth-order valence-corrected chi connectivity index (χ4v) is 4.50. The molecule has 1 aliphatic carbocycles. The van der Waals surface area contributed by atoms with E-state index in [0.717, 1.165) is 18.0 Å². The Bertz CT molecular complexity index is 288. The minimum atomic E-state index is 0.371. The Morgan fingerprint density at radius 3 is 2.22 bits per heavy atom. The maximum absolute atomic E-state index is 2.82. The average Bonchev–Trinajstić information content (AvgIpc) is 2.89. The highest BCUT2D eigenvalue weighted by atomic mass is 15.4. The Balaban J connectivity index is 1.54. The van der Waals surface area contributed by atoms with Gasteiger partial charge < -0.3 is 0 Å². The van der Waals surface area contributed by atoms with Gasteiger partial charge in [-0.05, 0) is 46.0 Å². The zero-order valence-electron chi connectivity index (χ0n) is 12.5. The third-order valence-electron chi connectivity index (χ3n) is 5.43. The predicted octanol–water partition coefficient (Wildman–Crippen LogP) is 3.12. The fraction of sp³-hybridized carbons (Fsp3) is 1.00. The van der Waals surface area contributed by atoms with Crippen molar-refractivity contribution in [1.82, 2.24) is 9.80 Å². The lowest BCUT2D eigenvalue weighted by Crippen LogP contribution is -2.54. The van der Waals surface area contributed by atoms with Gasteiger partial charge in [-0.3, -0.25) is 9.80 Å². The number of fused-ring (bicyclic) bond motifs is 2. The number of nitrogens with zero attached hydrogens (tertiary/aromatic N) is 2. The second-order valence-corrected chi connectivity index (χ2v) is 7.82. The molecule has 2 atom stereocenters. The van der Waals surface area contributed by atoms with E-state index in [2.05, 4.69) is 30.6 Å². The van der Waals surface area contributed by atoms with Crippen LogP contribution in [0.1, 0.15) is 59.3 Å². The number of likely N-dealkylation sites (tertiary alicyclic amines) is 2. The van der Waals surface area contributed by atoms with Crippen molar-refractivity contribution in [1.29, 1.82) is 0 Å². The average molecular weight is 250 g/mol. The number of piperazine rings is 1. The van der Waals surface area contributed by atoms with Gasteiger partial charge in [0.1, 0.15) is 0 Å². The summed E-state index contributed by atoms with van der Waals surface area (Å²) in [5, 5.41) is 0. The van der Waals surface area contributed by atoms with Crippen LogP contribution < -0.4 is 0 Å². The van der Waals surface area contributed by atoms with Crippen LogP contribution in [0.4, 0.5) is 0 Å². The van der Waals surface area contributed by atoms with Crippen LogP contribution in [-0.4, -0.2) is 47.1 Å². The number of hydrogen-bond acceptors (Lipinski definition) is 2. The Morgan fingerprint density at radius 2 is 1.67 bits per heavy atom. The molecule has 0 amide bonds. The molecule has 3 fully saturated rings. The molecular weight excluding hydrogens is 220 g/mol. The number of hydrogen-bond donors (Lipinski definition) is 0. The van der Waals surface area contributed by atoms with Crippen LogP contribution in [0.25, 0.3) is 0 Å². The van der Waals surface area contributed by atoms with Crippen LogP contribution in [-0.2, 0) is 0 Å². The Kier molecular flexibility index (Phi) is 3.44. The normalized spacial score (nSPS) is 35.5. The topological polar surface area (TPSA) is 6.48 Å². The largest absolute Gasteiger partial charge is 0.297 e. The van der Waals surface area contributed by atoms with Crippen LogP contribution in [0.15, 0.2) is 0 Å². The maximum atomic E-state index is 2.82. The molecule has 3 rings (SSSR count). The van der Waals surface area contributed by atoms with Gasteiger partial charge in [0, 0.05) is 37.3 Å². The van der Waals surface area contributed by atoms with Gasteiger partial charge in [0.25, 0.3) is 0 Å². The van der Waals surface area contributed by atoms with Crippen molar-refractivity contribution in [2.75, 3.05) is 19.6 Å². The van der Waals surface area contributed by atoms with E-state index in [1.807, 2.05) is 0 Å². The molecular formula is C16H30N2. The summed E-state index contributed by atoms with van der Waals surface area (Å²) >= 11 is 0. The summed E-state index contributed by atoms with van der Waals surface area (Å²) in [6.07, 6.45) is 8.89. The summed E-state index contributed by atoms with van der Waals surface area (Å²) in [7, 11) is 0. The fourth-order valence-electron chi connectivity index (χ4n) is 4.50. The van der Waals surface area contributed by atoms with Crippen molar-refractivity contribution in [3.05, 3.63) is 0 Å². The number of rotatable bonds is 2. The van der Waals surface area contributed by atoms with Crippen molar-refractivity contribution < 1.29 is 0 Å². The molecule has 2 nitrogen and oxygen atoms in total. The summed E-state index contributed by atoms with van der Waals surface area (Å²) in [4.78, 5) is 5.57. The van der Waals surface area contributed by atoms with E-state index in [1.54, 1.807) is 0 Å². The first kappa shape index (κ1) is 12.9. The van der Waals surface area contributed by atoms with E-state index in [0.29, 0.717) is 5.54 Å². The molecule has 2 saturated heterocycles. The van der Waals surface area contributed by atoms with Crippen molar-refractivity contribution in [3.8, 4) is 0 Å². The minimum absolute atomic E-state index is 0.371. The molecule has 0 aromatic heterocycles. The second kappa shape index (κ2) is 4.79. The molecule has 104 valence electrons. The van der Waals surface area contributed by atoms with Crippen LogP contribution >= 0.6 is 0 Å². The molecule has 0 unspecified atom stereocenters. The van der Waals surface area contributed by atoms with Crippen LogP contribution in [0, 0.1) is 5.92 Å². The van der Waals surface area contributed by atoms with Crippen LogP contribution in [0.5, 0.6) is 0 Å². The van der Waals surface area contributed by atoms with E-state index in [1.165, 1.54) is 58.2 Å². The smallest absolute Gasteiger partial charge is 0.0244 e. The molecule has 0 aromatic rings. The Hall–Kier alpha value is -0.0800. The van der Waals surface area contributed by atoms with E-state index in [9.17, 15) is 0 Å². The lowest BCUT2D eigenvalue weighted by atomic mass is 9.88. The molecule has 3 aliphatic rings. The summed E-state index contributed by atoms with van der Waals surface area (Å²) < 4.78 is 0. The summed E-state index contributed by atoms with van der Waals surface area (Å²) in [5.74, 6) is 1.01. The van der Waals surface area contributed by atoms with Crippen molar-refractivity contribution in [2.45, 2.75) is 76.9 Å². The molecule has 2 heteroatoms. The zero-order chi connectivity index (χ0) is 12.8. The maximum Gasteiger partial charge on any atom is 0.0244 e. The third kappa shape index (κ3) is 2.46. The summed E-state index contributed by atoms with van der Waals surface area (Å²) in [6, 6.07) is 1.72. The van der Waals surface area contributed by atoms with Gasteiger partial charge in [-0.15, -0.1) is 0 Å². The first-order valence-corrected chi connectivity index (χ1v) is 8.05. The molecule has 0 spiro atoms. The molecule has 1 saturated carbocycles. The highest BCUT2D eigenvalue weighted by Crippen LogP contribution is 2.37. The van der Waals surface area contributed by atoms with E-state index < -0.39 is 0 Å². The molecule has 2 bridgehead atoms. The molecule has 0 N–H and O–H groups in total. The van der Waals surface area contributed by atoms with E-state index >= 15 is 0 Å². The highest BCUT2D eigenvalue weighted by Gasteiger charge is 2.46. The third-order valence-corrected chi connectivity index (χ3v) is 5.43. The van der Waals surface area contributed by atoms with Gasteiger partial charge in [-0.25, -0.2) is 0 Å². The SMILES string of the molecule is CC(C)(C)N1C[C@H]2C[C@@H]1CN2CC1CCCCC1. The van der Waals surface area contributed by atoms with Gasteiger partial charge in [0.2, 0.25) is 0 Å². The van der Waals surface area contributed by atoms with Crippen LogP contribution in [0.2, 0.25) is 0 Å².